The minimum absolute atomic E-state index is 1.00. The van der Waals surface area contributed by atoms with Crippen LogP contribution in [-0.4, -0.2) is 10.5 Å². The molecule has 1 aromatic heterocycles. The second-order valence-electron chi connectivity index (χ2n) is 3.71. The molecule has 0 aliphatic heterocycles. The Balaban J connectivity index is 0.000000184. The van der Waals surface area contributed by atoms with E-state index < -0.39 is 0 Å². The van der Waals surface area contributed by atoms with Gasteiger partial charge in [0, 0.05) is 52.3 Å². The maximum atomic E-state index is 2.27. The molecule has 18 heavy (non-hydrogen) atoms. The van der Waals surface area contributed by atoms with Crippen LogP contribution < -0.4 is 0 Å². The van der Waals surface area contributed by atoms with E-state index in [-0.39, 0.29) is 0 Å². The number of nitrogens with zero attached hydrogens (tertiary/aromatic N) is 3. The summed E-state index contributed by atoms with van der Waals surface area (Å²) in [5, 5.41) is 0. The summed E-state index contributed by atoms with van der Waals surface area (Å²) in [6, 6.07) is 10.4. The topological polar surface area (TPSA) is 13.1 Å². The largest absolute Gasteiger partial charge is 0.184 e. The monoisotopic (exact) mass is 650 g/mol. The summed E-state index contributed by atoms with van der Waals surface area (Å²) < 4.78 is 7.48. The van der Waals surface area contributed by atoms with Gasteiger partial charge in [-0.25, -0.2) is 0 Å². The van der Waals surface area contributed by atoms with E-state index in [0.29, 0.717) is 0 Å². The van der Waals surface area contributed by atoms with Crippen molar-refractivity contribution >= 4 is 45.7 Å². The van der Waals surface area contributed by atoms with Gasteiger partial charge in [0.1, 0.15) is 0 Å². The van der Waals surface area contributed by atoms with Gasteiger partial charge >= 0.3 is 58.8 Å². The Morgan fingerprint density at radius 1 is 1.06 bits per heavy atom. The fraction of sp³-hybridized carbons (Fsp3) is 0.250. The molecule has 3 nitrogen and oxygen atoms in total. The molecule has 0 spiro atoms. The van der Waals surface area contributed by atoms with E-state index in [1.807, 2.05) is 32.6 Å². The Bertz CT molecular complexity index is 497. The quantitative estimate of drug-likeness (QED) is 0.358. The van der Waals surface area contributed by atoms with Crippen molar-refractivity contribution in [1.82, 2.24) is 10.5 Å². The molecule has 0 bridgehead atoms. The fourth-order valence-corrected chi connectivity index (χ4v) is 2.41. The molecule has 2 aromatic rings. The number of aromatic nitrogens is 2. The fourth-order valence-electron chi connectivity index (χ4n) is 1.28. The first-order chi connectivity index (χ1) is 8.50. The first-order valence-electron chi connectivity index (χ1n) is 5.27. The molecular weight excluding hydrogens is 635 g/mol. The Labute approximate surface area is 147 Å². The molecule has 2 rings (SSSR count). The van der Waals surface area contributed by atoms with Crippen molar-refractivity contribution in [3.63, 3.8) is 0 Å². The molecule has 0 atom stereocenters. The maximum Gasteiger partial charge on any atom is 0.0435 e. The van der Waals surface area contributed by atoms with E-state index >= 15 is 0 Å². The van der Waals surface area contributed by atoms with Crippen molar-refractivity contribution < 1.29 is 19.4 Å². The standard InChI is InChI=1S/C7H7I2N.C5H8N2.Pt/c8-10(9)6-7-4-2-1-3-5-7;1-6-3-4-7(2)5-6;/h1-5H,6H2;3-4H,1-2H3;. The molecule has 0 radical (unpaired) electrons. The Kier molecular flexibility index (Phi) is 7.98. The molecule has 0 fully saturated rings. The Morgan fingerprint density at radius 2 is 1.56 bits per heavy atom. The van der Waals surface area contributed by atoms with Crippen LogP contribution >= 0.6 is 45.7 Å². The first-order valence-corrected chi connectivity index (χ1v) is 8.33. The number of halogens is 2. The average molecular weight is 650 g/mol. The minimum atomic E-state index is 1.00. The summed E-state index contributed by atoms with van der Waals surface area (Å²) >= 11 is 6.81. The van der Waals surface area contributed by atoms with E-state index in [4.69, 9.17) is 0 Å². The molecule has 0 N–H and O–H groups in total. The summed E-state index contributed by atoms with van der Waals surface area (Å²) in [5.41, 5.74) is 1.35. The van der Waals surface area contributed by atoms with Gasteiger partial charge in [-0.3, -0.25) is 0 Å². The number of imidazole rings is 1. The van der Waals surface area contributed by atoms with Crippen LogP contribution in [0.3, 0.4) is 0 Å². The van der Waals surface area contributed by atoms with Crippen LogP contribution in [0.5, 0.6) is 0 Å². The van der Waals surface area contributed by atoms with E-state index in [1.54, 1.807) is 0 Å². The minimum Gasteiger partial charge on any atom is -0.184 e. The van der Waals surface area contributed by atoms with Gasteiger partial charge in [0.15, 0.2) is 0 Å². The van der Waals surface area contributed by atoms with Crippen LogP contribution in [0.2, 0.25) is 0 Å². The normalized spacial score (nSPS) is 10.2. The smallest absolute Gasteiger partial charge is 0.0435 e. The molecule has 6 heteroatoms. The molecule has 0 unspecified atom stereocenters. The zero-order valence-electron chi connectivity index (χ0n) is 10.2. The zero-order valence-corrected chi connectivity index (χ0v) is 16.7. The number of aryl methyl sites for hydroxylation is 2. The summed E-state index contributed by atoms with van der Waals surface area (Å²) in [6.45, 7) is 1.00. The second-order valence-corrected chi connectivity index (χ2v) is 8.90. The predicted octanol–water partition coefficient (Wildman–Crippen LogP) is 3.63. The number of benzene rings is 1. The van der Waals surface area contributed by atoms with Crippen LogP contribution in [0.25, 0.3) is 0 Å². The molecule has 0 aliphatic carbocycles. The first kappa shape index (κ1) is 16.6. The molecule has 0 saturated heterocycles. The van der Waals surface area contributed by atoms with Crippen molar-refractivity contribution in [3.05, 3.63) is 52.1 Å². The van der Waals surface area contributed by atoms with Gasteiger partial charge in [0.25, 0.3) is 0 Å². The second kappa shape index (κ2) is 8.66. The van der Waals surface area contributed by atoms with Gasteiger partial charge in [-0.15, -0.1) is 0 Å². The van der Waals surface area contributed by atoms with Crippen molar-refractivity contribution in [3.8, 4) is 0 Å². The van der Waals surface area contributed by atoms with Crippen molar-refractivity contribution in [2.75, 3.05) is 0 Å². The van der Waals surface area contributed by atoms with Crippen LogP contribution in [-0.2, 0) is 40.0 Å². The van der Waals surface area contributed by atoms with Crippen LogP contribution in [0, 0.1) is 3.80 Å². The van der Waals surface area contributed by atoms with Crippen molar-refractivity contribution in [2.24, 2.45) is 14.1 Å². The molecule has 0 amide bonds. The maximum absolute atomic E-state index is 2.27. The van der Waals surface area contributed by atoms with Gasteiger partial charge in [0.2, 0.25) is 0 Å². The van der Waals surface area contributed by atoms with E-state index in [0.717, 1.165) is 6.54 Å². The summed E-state index contributed by atoms with van der Waals surface area (Å²) in [6.07, 6.45) is 4.06. The van der Waals surface area contributed by atoms with Crippen LogP contribution in [0.15, 0.2) is 42.7 Å². The van der Waals surface area contributed by atoms with Gasteiger partial charge in [-0.2, -0.15) is 1.33 Å². The molecule has 102 valence electrons. The third-order valence-corrected chi connectivity index (χ3v) is 4.48. The summed E-state index contributed by atoms with van der Waals surface area (Å²) in [7, 11) is 4.06. The van der Waals surface area contributed by atoms with Gasteiger partial charge in [-0.05, 0) is 5.56 Å². The van der Waals surface area contributed by atoms with Crippen LogP contribution in [0.1, 0.15) is 5.56 Å². The van der Waals surface area contributed by atoms with Crippen LogP contribution in [0.4, 0.5) is 0 Å². The van der Waals surface area contributed by atoms with Crippen molar-refractivity contribution in [2.45, 2.75) is 6.54 Å². The Hall–Kier alpha value is 0.538. The molecule has 0 saturated carbocycles. The van der Waals surface area contributed by atoms with Gasteiger partial charge in [-0.1, -0.05) is 30.3 Å². The number of rotatable bonds is 2. The molecule has 1 aromatic carbocycles. The number of hydrogen-bond acceptors (Lipinski definition) is 1. The van der Waals surface area contributed by atoms with Gasteiger partial charge in [0.05, 0.1) is 0 Å². The third-order valence-electron chi connectivity index (χ3n) is 2.20. The predicted molar refractivity (Wildman–Crippen MR) is 87.7 cm³/mol. The third kappa shape index (κ3) is 6.12. The van der Waals surface area contributed by atoms with E-state index in [2.05, 4.69) is 99.8 Å². The summed E-state index contributed by atoms with van der Waals surface area (Å²) in [5.74, 6) is 0. The SMILES string of the molecule is Cn1ccn(C)[c]1=[Pt].IN(I)Cc1ccccc1. The number of hydrogen-bond donors (Lipinski definition) is 0. The Morgan fingerprint density at radius 3 is 1.89 bits per heavy atom. The molecular formula is C12H15I2N3Pt. The van der Waals surface area contributed by atoms with Crippen molar-refractivity contribution in [1.29, 1.82) is 0 Å². The molecule has 0 aliphatic rings. The zero-order chi connectivity index (χ0) is 13.5. The van der Waals surface area contributed by atoms with Gasteiger partial charge < -0.3 is 0 Å². The van der Waals surface area contributed by atoms with E-state index in [1.165, 1.54) is 9.37 Å². The van der Waals surface area contributed by atoms with E-state index in [9.17, 15) is 0 Å². The summed E-state index contributed by atoms with van der Waals surface area (Å²) in [4.78, 5) is 0. The molecule has 1 heterocycles. The average Bonchev–Trinajstić information content (AvgIpc) is 2.62.